The third-order valence-electron chi connectivity index (χ3n) is 2.60. The van der Waals surface area contributed by atoms with Crippen molar-refractivity contribution in [3.8, 4) is 0 Å². The summed E-state index contributed by atoms with van der Waals surface area (Å²) in [6.45, 7) is 6.06. The van der Waals surface area contributed by atoms with Crippen molar-refractivity contribution in [2.24, 2.45) is 5.92 Å². The van der Waals surface area contributed by atoms with Crippen LogP contribution < -0.4 is 5.32 Å². The monoisotopic (exact) mass is 217 g/mol. The van der Waals surface area contributed by atoms with E-state index in [2.05, 4.69) is 5.32 Å². The van der Waals surface area contributed by atoms with Crippen LogP contribution in [-0.2, 0) is 14.2 Å². The maximum Gasteiger partial charge on any atom is 0.0591 e. The van der Waals surface area contributed by atoms with Gasteiger partial charge in [-0.05, 0) is 18.8 Å². The minimum Gasteiger partial charge on any atom is -0.383 e. The van der Waals surface area contributed by atoms with E-state index in [0.717, 1.165) is 59.0 Å². The molecule has 1 saturated heterocycles. The van der Waals surface area contributed by atoms with Crippen LogP contribution >= 0.6 is 0 Å². The maximum atomic E-state index is 5.59. The Morgan fingerprint density at radius 2 is 1.93 bits per heavy atom. The standard InChI is InChI=1S/C11H23NO3/c1-13-8-4-12-5-9-15-10-11-2-6-14-7-3-11/h11-12H,2-10H2,1H3. The van der Waals surface area contributed by atoms with Gasteiger partial charge in [-0.1, -0.05) is 0 Å². The largest absolute Gasteiger partial charge is 0.383 e. The molecule has 90 valence electrons. The number of ether oxygens (including phenoxy) is 3. The second-order valence-corrected chi connectivity index (χ2v) is 3.87. The summed E-state index contributed by atoms with van der Waals surface area (Å²) in [4.78, 5) is 0. The highest BCUT2D eigenvalue weighted by Gasteiger charge is 2.13. The van der Waals surface area contributed by atoms with Crippen molar-refractivity contribution in [1.82, 2.24) is 5.32 Å². The second-order valence-electron chi connectivity index (χ2n) is 3.87. The van der Waals surface area contributed by atoms with Gasteiger partial charge in [-0.25, -0.2) is 0 Å². The smallest absolute Gasteiger partial charge is 0.0591 e. The van der Waals surface area contributed by atoms with Gasteiger partial charge in [0.1, 0.15) is 0 Å². The van der Waals surface area contributed by atoms with Crippen molar-refractivity contribution in [2.45, 2.75) is 12.8 Å². The fourth-order valence-corrected chi connectivity index (χ4v) is 1.61. The van der Waals surface area contributed by atoms with Gasteiger partial charge < -0.3 is 19.5 Å². The van der Waals surface area contributed by atoms with Crippen molar-refractivity contribution in [3.63, 3.8) is 0 Å². The van der Waals surface area contributed by atoms with Crippen LogP contribution in [0.25, 0.3) is 0 Å². The normalized spacial score (nSPS) is 18.2. The van der Waals surface area contributed by atoms with Crippen LogP contribution in [0.5, 0.6) is 0 Å². The first-order valence-electron chi connectivity index (χ1n) is 5.78. The molecule has 1 aliphatic heterocycles. The Hall–Kier alpha value is -0.160. The Kier molecular flexibility index (Phi) is 7.83. The molecule has 4 nitrogen and oxygen atoms in total. The molecule has 1 rings (SSSR count). The fourth-order valence-electron chi connectivity index (χ4n) is 1.61. The van der Waals surface area contributed by atoms with E-state index in [1.54, 1.807) is 7.11 Å². The van der Waals surface area contributed by atoms with E-state index in [9.17, 15) is 0 Å². The summed E-state index contributed by atoms with van der Waals surface area (Å²) in [7, 11) is 1.71. The minimum atomic E-state index is 0.706. The van der Waals surface area contributed by atoms with E-state index >= 15 is 0 Å². The van der Waals surface area contributed by atoms with Crippen molar-refractivity contribution >= 4 is 0 Å². The summed E-state index contributed by atoms with van der Waals surface area (Å²) < 4.78 is 15.8. The lowest BCUT2D eigenvalue weighted by Crippen LogP contribution is -2.26. The molecular formula is C11H23NO3. The number of hydrogen-bond donors (Lipinski definition) is 1. The van der Waals surface area contributed by atoms with Crippen molar-refractivity contribution < 1.29 is 14.2 Å². The zero-order valence-electron chi connectivity index (χ0n) is 9.67. The van der Waals surface area contributed by atoms with Crippen molar-refractivity contribution in [2.75, 3.05) is 53.2 Å². The first-order chi connectivity index (χ1) is 7.43. The van der Waals surface area contributed by atoms with Gasteiger partial charge >= 0.3 is 0 Å². The molecule has 1 heterocycles. The van der Waals surface area contributed by atoms with Gasteiger partial charge in [0.05, 0.1) is 13.2 Å². The van der Waals surface area contributed by atoms with E-state index in [-0.39, 0.29) is 0 Å². The Bertz CT molecular complexity index is 138. The lowest BCUT2D eigenvalue weighted by atomic mass is 10.0. The quantitative estimate of drug-likeness (QED) is 0.606. The third-order valence-corrected chi connectivity index (χ3v) is 2.60. The molecule has 1 fully saturated rings. The highest BCUT2D eigenvalue weighted by atomic mass is 16.5. The number of methoxy groups -OCH3 is 1. The Morgan fingerprint density at radius 3 is 2.67 bits per heavy atom. The van der Waals surface area contributed by atoms with Gasteiger partial charge in [-0.2, -0.15) is 0 Å². The van der Waals surface area contributed by atoms with Gasteiger partial charge in [0.15, 0.2) is 0 Å². The summed E-state index contributed by atoms with van der Waals surface area (Å²) in [5, 5.41) is 3.25. The van der Waals surface area contributed by atoms with Gasteiger partial charge in [-0.3, -0.25) is 0 Å². The van der Waals surface area contributed by atoms with E-state index in [1.807, 2.05) is 0 Å². The van der Waals surface area contributed by atoms with Crippen molar-refractivity contribution in [1.29, 1.82) is 0 Å². The molecule has 0 spiro atoms. The zero-order chi connectivity index (χ0) is 10.8. The summed E-state index contributed by atoms with van der Waals surface area (Å²) in [5.41, 5.74) is 0. The molecule has 0 saturated carbocycles. The molecule has 0 atom stereocenters. The van der Waals surface area contributed by atoms with E-state index in [4.69, 9.17) is 14.2 Å². The first-order valence-corrected chi connectivity index (χ1v) is 5.78. The fraction of sp³-hybridized carbons (Fsp3) is 1.00. The summed E-state index contributed by atoms with van der Waals surface area (Å²) in [6, 6.07) is 0. The molecule has 1 N–H and O–H groups in total. The molecule has 0 bridgehead atoms. The van der Waals surface area contributed by atoms with E-state index < -0.39 is 0 Å². The minimum absolute atomic E-state index is 0.706. The lowest BCUT2D eigenvalue weighted by Gasteiger charge is -2.21. The Labute approximate surface area is 92.3 Å². The number of nitrogens with one attached hydrogen (secondary N) is 1. The topological polar surface area (TPSA) is 39.7 Å². The molecular weight excluding hydrogens is 194 g/mol. The number of hydrogen-bond acceptors (Lipinski definition) is 4. The maximum absolute atomic E-state index is 5.59. The zero-order valence-corrected chi connectivity index (χ0v) is 9.67. The van der Waals surface area contributed by atoms with Crippen LogP contribution in [0, 0.1) is 5.92 Å². The van der Waals surface area contributed by atoms with Crippen molar-refractivity contribution in [3.05, 3.63) is 0 Å². The molecule has 0 aliphatic carbocycles. The molecule has 0 radical (unpaired) electrons. The van der Waals surface area contributed by atoms with Crippen LogP contribution in [-0.4, -0.2) is 53.2 Å². The number of rotatable bonds is 8. The predicted molar refractivity (Wildman–Crippen MR) is 59.1 cm³/mol. The van der Waals surface area contributed by atoms with Crippen LogP contribution in [0.15, 0.2) is 0 Å². The molecule has 0 unspecified atom stereocenters. The van der Waals surface area contributed by atoms with Crippen LogP contribution in [0.2, 0.25) is 0 Å². The summed E-state index contributed by atoms with van der Waals surface area (Å²) >= 11 is 0. The van der Waals surface area contributed by atoms with Gasteiger partial charge in [-0.15, -0.1) is 0 Å². The van der Waals surface area contributed by atoms with E-state index in [0.29, 0.717) is 5.92 Å². The first kappa shape index (κ1) is 12.9. The van der Waals surface area contributed by atoms with E-state index in [1.165, 1.54) is 0 Å². The Morgan fingerprint density at radius 1 is 1.20 bits per heavy atom. The SMILES string of the molecule is COCCNCCOCC1CCOCC1. The van der Waals surface area contributed by atoms with Gasteiger partial charge in [0.25, 0.3) is 0 Å². The van der Waals surface area contributed by atoms with Gasteiger partial charge in [0.2, 0.25) is 0 Å². The Balaban J connectivity index is 1.79. The van der Waals surface area contributed by atoms with Gasteiger partial charge in [0, 0.05) is 40.0 Å². The lowest BCUT2D eigenvalue weighted by molar-refractivity contribution is 0.0212. The molecule has 1 aliphatic rings. The highest BCUT2D eigenvalue weighted by Crippen LogP contribution is 2.14. The second kappa shape index (κ2) is 9.09. The van der Waals surface area contributed by atoms with Crippen LogP contribution in [0.3, 0.4) is 0 Å². The molecule has 0 aromatic carbocycles. The molecule has 15 heavy (non-hydrogen) atoms. The third kappa shape index (κ3) is 6.84. The summed E-state index contributed by atoms with van der Waals surface area (Å²) in [5.74, 6) is 0.706. The molecule has 0 aromatic rings. The average Bonchev–Trinajstić information content (AvgIpc) is 2.29. The summed E-state index contributed by atoms with van der Waals surface area (Å²) in [6.07, 6.45) is 2.30. The average molecular weight is 217 g/mol. The molecule has 0 aromatic heterocycles. The predicted octanol–water partition coefficient (Wildman–Crippen LogP) is 0.666. The highest BCUT2D eigenvalue weighted by molar-refractivity contribution is 4.62. The van der Waals surface area contributed by atoms with Crippen LogP contribution in [0.4, 0.5) is 0 Å². The van der Waals surface area contributed by atoms with Crippen LogP contribution in [0.1, 0.15) is 12.8 Å². The molecule has 4 heteroatoms. The molecule has 0 amide bonds.